The van der Waals surface area contributed by atoms with Crippen LogP contribution in [0.5, 0.6) is 5.75 Å². The van der Waals surface area contributed by atoms with Gasteiger partial charge in [-0.1, -0.05) is 6.92 Å². The summed E-state index contributed by atoms with van der Waals surface area (Å²) in [5.41, 5.74) is 3.02. The molecule has 1 heterocycles. The summed E-state index contributed by atoms with van der Waals surface area (Å²) >= 11 is 0. The molecule has 2 rings (SSSR count). The Bertz CT molecular complexity index is 473. The molecule has 118 valence electrons. The molecule has 0 bridgehead atoms. The van der Waals surface area contributed by atoms with Crippen molar-refractivity contribution in [3.63, 3.8) is 0 Å². The fourth-order valence-electron chi connectivity index (χ4n) is 2.99. The van der Waals surface area contributed by atoms with Gasteiger partial charge in [0.1, 0.15) is 18.0 Å². The molecule has 21 heavy (non-hydrogen) atoms. The van der Waals surface area contributed by atoms with Crippen LogP contribution in [0.1, 0.15) is 36.1 Å². The van der Waals surface area contributed by atoms with Gasteiger partial charge in [-0.3, -0.25) is 4.90 Å². The Labute approximate surface area is 127 Å². The number of nitrogens with zero attached hydrogens (tertiary/aromatic N) is 1. The molecule has 1 fully saturated rings. The number of benzene rings is 1. The average Bonchev–Trinajstić information content (AvgIpc) is 2.49. The molecule has 0 spiro atoms. The first-order valence-electron chi connectivity index (χ1n) is 7.74. The van der Waals surface area contributed by atoms with E-state index in [1.807, 2.05) is 26.0 Å². The lowest BCUT2D eigenvalue weighted by Gasteiger charge is -2.35. The topological polar surface area (TPSA) is 41.9 Å². The van der Waals surface area contributed by atoms with E-state index in [2.05, 4.69) is 11.8 Å². The van der Waals surface area contributed by atoms with Crippen molar-refractivity contribution in [2.45, 2.75) is 39.4 Å². The Balaban J connectivity index is 2.15. The molecule has 1 aliphatic heterocycles. The van der Waals surface area contributed by atoms with Crippen LogP contribution in [0.3, 0.4) is 0 Å². The van der Waals surface area contributed by atoms with Crippen molar-refractivity contribution in [3.8, 4) is 5.75 Å². The van der Waals surface area contributed by atoms with E-state index in [1.165, 1.54) is 0 Å². The van der Waals surface area contributed by atoms with Crippen LogP contribution in [-0.4, -0.2) is 49.5 Å². The molecular formula is C17H27NO3. The summed E-state index contributed by atoms with van der Waals surface area (Å²) in [6, 6.07) is 4.00. The summed E-state index contributed by atoms with van der Waals surface area (Å²) in [6.07, 6.45) is 0.384. The SMILES string of the molecule is CCCN1CCOC(C(O)c2cc(C)c(OC)cc2C)C1. The van der Waals surface area contributed by atoms with Crippen molar-refractivity contribution < 1.29 is 14.6 Å². The number of rotatable bonds is 5. The molecule has 1 saturated heterocycles. The molecule has 4 heteroatoms. The zero-order chi connectivity index (χ0) is 15.4. The predicted molar refractivity (Wildman–Crippen MR) is 83.9 cm³/mol. The van der Waals surface area contributed by atoms with Gasteiger partial charge in [0.05, 0.1) is 13.7 Å². The summed E-state index contributed by atoms with van der Waals surface area (Å²) in [5, 5.41) is 10.7. The number of morpholine rings is 1. The monoisotopic (exact) mass is 293 g/mol. The number of methoxy groups -OCH3 is 1. The first-order valence-corrected chi connectivity index (χ1v) is 7.74. The van der Waals surface area contributed by atoms with E-state index in [0.29, 0.717) is 6.61 Å². The van der Waals surface area contributed by atoms with Gasteiger partial charge in [0, 0.05) is 13.1 Å². The molecular weight excluding hydrogens is 266 g/mol. The second kappa shape index (κ2) is 7.25. The van der Waals surface area contributed by atoms with E-state index in [4.69, 9.17) is 9.47 Å². The number of aliphatic hydroxyl groups excluding tert-OH is 1. The van der Waals surface area contributed by atoms with E-state index in [1.54, 1.807) is 7.11 Å². The number of hydrogen-bond acceptors (Lipinski definition) is 4. The van der Waals surface area contributed by atoms with Gasteiger partial charge in [-0.05, 0) is 55.6 Å². The quantitative estimate of drug-likeness (QED) is 0.905. The lowest BCUT2D eigenvalue weighted by molar-refractivity contribution is -0.0900. The maximum atomic E-state index is 10.7. The zero-order valence-corrected chi connectivity index (χ0v) is 13.6. The summed E-state index contributed by atoms with van der Waals surface area (Å²) in [4.78, 5) is 2.36. The minimum absolute atomic E-state index is 0.156. The Morgan fingerprint density at radius 3 is 2.81 bits per heavy atom. The fraction of sp³-hybridized carbons (Fsp3) is 0.647. The van der Waals surface area contributed by atoms with Crippen LogP contribution >= 0.6 is 0 Å². The van der Waals surface area contributed by atoms with E-state index in [-0.39, 0.29) is 6.10 Å². The molecule has 1 aliphatic rings. The molecule has 0 aromatic heterocycles. The number of aryl methyl sites for hydroxylation is 2. The van der Waals surface area contributed by atoms with E-state index in [0.717, 1.165) is 48.5 Å². The minimum atomic E-state index is -0.589. The highest BCUT2D eigenvalue weighted by atomic mass is 16.5. The molecule has 2 unspecified atom stereocenters. The summed E-state index contributed by atoms with van der Waals surface area (Å²) in [6.45, 7) is 9.69. The molecule has 1 aromatic rings. The Hall–Kier alpha value is -1.10. The van der Waals surface area contributed by atoms with Gasteiger partial charge < -0.3 is 14.6 Å². The van der Waals surface area contributed by atoms with Crippen LogP contribution in [-0.2, 0) is 4.74 Å². The molecule has 0 saturated carbocycles. The van der Waals surface area contributed by atoms with Crippen LogP contribution < -0.4 is 4.74 Å². The normalized spacial score (nSPS) is 21.3. The molecule has 2 atom stereocenters. The van der Waals surface area contributed by atoms with Crippen LogP contribution in [0.15, 0.2) is 12.1 Å². The zero-order valence-electron chi connectivity index (χ0n) is 13.6. The molecule has 0 radical (unpaired) electrons. The standard InChI is InChI=1S/C17H27NO3/c1-5-6-18-7-8-21-16(11-18)17(19)14-9-13(3)15(20-4)10-12(14)2/h9-10,16-17,19H,5-8,11H2,1-4H3. The molecule has 0 amide bonds. The minimum Gasteiger partial charge on any atom is -0.496 e. The van der Waals surface area contributed by atoms with E-state index in [9.17, 15) is 5.11 Å². The highest BCUT2D eigenvalue weighted by Crippen LogP contribution is 2.30. The first kappa shape index (κ1) is 16.3. The van der Waals surface area contributed by atoms with Gasteiger partial charge in [-0.2, -0.15) is 0 Å². The molecule has 0 aliphatic carbocycles. The smallest absolute Gasteiger partial charge is 0.122 e. The van der Waals surface area contributed by atoms with Crippen molar-refractivity contribution in [2.75, 3.05) is 33.4 Å². The summed E-state index contributed by atoms with van der Waals surface area (Å²) in [7, 11) is 1.67. The van der Waals surface area contributed by atoms with E-state index < -0.39 is 6.10 Å². The van der Waals surface area contributed by atoms with Crippen molar-refractivity contribution in [2.24, 2.45) is 0 Å². The Kier molecular flexibility index (Phi) is 5.62. The number of ether oxygens (including phenoxy) is 2. The van der Waals surface area contributed by atoms with Crippen LogP contribution in [0, 0.1) is 13.8 Å². The van der Waals surface area contributed by atoms with Crippen LogP contribution in [0.2, 0.25) is 0 Å². The Morgan fingerprint density at radius 1 is 1.38 bits per heavy atom. The predicted octanol–water partition coefficient (Wildman–Crippen LogP) is 2.46. The second-order valence-electron chi connectivity index (χ2n) is 5.83. The highest BCUT2D eigenvalue weighted by molar-refractivity contribution is 5.42. The number of hydrogen-bond donors (Lipinski definition) is 1. The van der Waals surface area contributed by atoms with Crippen LogP contribution in [0.4, 0.5) is 0 Å². The maximum Gasteiger partial charge on any atom is 0.122 e. The van der Waals surface area contributed by atoms with Crippen molar-refractivity contribution in [3.05, 3.63) is 28.8 Å². The van der Waals surface area contributed by atoms with Gasteiger partial charge in [0.2, 0.25) is 0 Å². The van der Waals surface area contributed by atoms with Crippen molar-refractivity contribution in [1.82, 2.24) is 4.90 Å². The second-order valence-corrected chi connectivity index (χ2v) is 5.83. The van der Waals surface area contributed by atoms with Gasteiger partial charge in [0.15, 0.2) is 0 Å². The highest BCUT2D eigenvalue weighted by Gasteiger charge is 2.28. The van der Waals surface area contributed by atoms with Gasteiger partial charge in [0.25, 0.3) is 0 Å². The van der Waals surface area contributed by atoms with Crippen LogP contribution in [0.25, 0.3) is 0 Å². The third kappa shape index (κ3) is 3.76. The van der Waals surface area contributed by atoms with Gasteiger partial charge in [-0.15, -0.1) is 0 Å². The van der Waals surface area contributed by atoms with Gasteiger partial charge >= 0.3 is 0 Å². The van der Waals surface area contributed by atoms with Crippen molar-refractivity contribution >= 4 is 0 Å². The third-order valence-corrected chi connectivity index (χ3v) is 4.17. The summed E-state index contributed by atoms with van der Waals surface area (Å²) in [5.74, 6) is 0.862. The Morgan fingerprint density at radius 2 is 2.14 bits per heavy atom. The molecule has 1 N–H and O–H groups in total. The average molecular weight is 293 g/mol. The lowest BCUT2D eigenvalue weighted by Crippen LogP contribution is -2.45. The van der Waals surface area contributed by atoms with Gasteiger partial charge in [-0.25, -0.2) is 0 Å². The molecule has 4 nitrogen and oxygen atoms in total. The fourth-order valence-corrected chi connectivity index (χ4v) is 2.99. The number of aliphatic hydroxyl groups is 1. The third-order valence-electron chi connectivity index (χ3n) is 4.17. The van der Waals surface area contributed by atoms with Crippen molar-refractivity contribution in [1.29, 1.82) is 0 Å². The largest absolute Gasteiger partial charge is 0.496 e. The molecule has 1 aromatic carbocycles. The maximum absolute atomic E-state index is 10.7. The van der Waals surface area contributed by atoms with E-state index >= 15 is 0 Å². The summed E-state index contributed by atoms with van der Waals surface area (Å²) < 4.78 is 11.1. The first-order chi connectivity index (χ1) is 10.1. The lowest BCUT2D eigenvalue weighted by atomic mass is 9.96.